The Kier molecular flexibility index (Phi) is 5.36. The van der Waals surface area contributed by atoms with Crippen LogP contribution in [0.15, 0.2) is 48.5 Å². The molecule has 1 fully saturated rings. The quantitative estimate of drug-likeness (QED) is 0.645. The van der Waals surface area contributed by atoms with Crippen LogP contribution >= 0.6 is 11.3 Å². The monoisotopic (exact) mass is 382 g/mol. The molecule has 1 amide bonds. The molecule has 5 nitrogen and oxygen atoms in total. The van der Waals surface area contributed by atoms with Gasteiger partial charge < -0.3 is 9.47 Å². The van der Waals surface area contributed by atoms with E-state index in [9.17, 15) is 4.79 Å². The molecular weight excluding hydrogens is 360 g/mol. The number of fused-ring (bicyclic) bond motifs is 1. The average Bonchev–Trinajstić information content (AvgIpc) is 3.35. The van der Waals surface area contributed by atoms with Crippen molar-refractivity contribution in [3.05, 3.63) is 54.1 Å². The highest BCUT2D eigenvalue weighted by atomic mass is 32.1. The fourth-order valence-corrected chi connectivity index (χ4v) is 4.26. The Morgan fingerprint density at radius 1 is 1.26 bits per heavy atom. The van der Waals surface area contributed by atoms with Crippen molar-refractivity contribution in [2.75, 3.05) is 25.2 Å². The van der Waals surface area contributed by atoms with Gasteiger partial charge in [-0.25, -0.2) is 4.98 Å². The maximum absolute atomic E-state index is 13.1. The Bertz CT molecular complexity index is 884. The van der Waals surface area contributed by atoms with E-state index in [1.54, 1.807) is 23.3 Å². The summed E-state index contributed by atoms with van der Waals surface area (Å²) in [5.74, 6) is 0.823. The van der Waals surface area contributed by atoms with Crippen LogP contribution in [0.4, 0.5) is 5.13 Å². The molecule has 4 rings (SSSR count). The van der Waals surface area contributed by atoms with Crippen LogP contribution in [-0.2, 0) is 16.0 Å². The van der Waals surface area contributed by atoms with Crippen molar-refractivity contribution in [2.24, 2.45) is 0 Å². The number of nitrogens with zero attached hydrogens (tertiary/aromatic N) is 2. The fourth-order valence-electron chi connectivity index (χ4n) is 3.27. The first-order chi connectivity index (χ1) is 13.2. The van der Waals surface area contributed by atoms with E-state index < -0.39 is 0 Å². The number of hydrogen-bond acceptors (Lipinski definition) is 5. The van der Waals surface area contributed by atoms with Gasteiger partial charge in [0, 0.05) is 6.61 Å². The van der Waals surface area contributed by atoms with E-state index in [4.69, 9.17) is 14.5 Å². The largest absolute Gasteiger partial charge is 0.497 e. The van der Waals surface area contributed by atoms with Gasteiger partial charge in [0.2, 0.25) is 5.91 Å². The first-order valence-electron chi connectivity index (χ1n) is 9.13. The molecule has 1 saturated heterocycles. The van der Waals surface area contributed by atoms with Gasteiger partial charge >= 0.3 is 0 Å². The summed E-state index contributed by atoms with van der Waals surface area (Å²) in [6.07, 6.45) is 2.44. The minimum atomic E-state index is 0.0368. The molecule has 1 aliphatic heterocycles. The highest BCUT2D eigenvalue weighted by Gasteiger charge is 2.26. The van der Waals surface area contributed by atoms with Crippen LogP contribution in [0.2, 0.25) is 0 Å². The van der Waals surface area contributed by atoms with E-state index in [-0.39, 0.29) is 12.0 Å². The lowest BCUT2D eigenvalue weighted by Crippen LogP contribution is -2.38. The first kappa shape index (κ1) is 17.9. The summed E-state index contributed by atoms with van der Waals surface area (Å²) < 4.78 is 12.1. The summed E-state index contributed by atoms with van der Waals surface area (Å²) in [4.78, 5) is 19.6. The molecule has 140 valence electrons. The third kappa shape index (κ3) is 4.12. The molecule has 0 spiro atoms. The Labute approximate surface area is 162 Å². The van der Waals surface area contributed by atoms with Gasteiger partial charge in [-0.2, -0.15) is 0 Å². The van der Waals surface area contributed by atoms with Crippen LogP contribution in [0, 0.1) is 0 Å². The van der Waals surface area contributed by atoms with Gasteiger partial charge in [-0.3, -0.25) is 9.69 Å². The predicted molar refractivity (Wildman–Crippen MR) is 108 cm³/mol. The van der Waals surface area contributed by atoms with Crippen molar-refractivity contribution >= 4 is 32.6 Å². The van der Waals surface area contributed by atoms with E-state index in [1.165, 1.54) is 0 Å². The van der Waals surface area contributed by atoms with E-state index in [0.717, 1.165) is 46.1 Å². The molecule has 0 radical (unpaired) electrons. The van der Waals surface area contributed by atoms with Crippen LogP contribution in [-0.4, -0.2) is 37.3 Å². The standard InChI is InChI=1S/C21H22N2O3S/c1-25-16-10-8-15(9-11-16)13-20(24)23(14-17-5-4-12-26-17)21-22-18-6-2-3-7-19(18)27-21/h2-3,6-11,17H,4-5,12-14H2,1H3/t17-/m1/s1. The van der Waals surface area contributed by atoms with Crippen LogP contribution in [0.25, 0.3) is 10.2 Å². The Morgan fingerprint density at radius 3 is 2.78 bits per heavy atom. The number of ether oxygens (including phenoxy) is 2. The summed E-state index contributed by atoms with van der Waals surface area (Å²) in [6, 6.07) is 15.6. The number of hydrogen-bond donors (Lipinski definition) is 0. The van der Waals surface area contributed by atoms with Gasteiger partial charge in [-0.05, 0) is 42.7 Å². The molecular formula is C21H22N2O3S. The number of amides is 1. The number of rotatable bonds is 6. The molecule has 2 heterocycles. The highest BCUT2D eigenvalue weighted by Crippen LogP contribution is 2.30. The number of anilines is 1. The smallest absolute Gasteiger partial charge is 0.233 e. The lowest BCUT2D eigenvalue weighted by Gasteiger charge is -2.23. The summed E-state index contributed by atoms with van der Waals surface area (Å²) in [6.45, 7) is 1.32. The fraction of sp³-hybridized carbons (Fsp3) is 0.333. The van der Waals surface area contributed by atoms with Crippen molar-refractivity contribution in [2.45, 2.75) is 25.4 Å². The second kappa shape index (κ2) is 8.06. The summed E-state index contributed by atoms with van der Waals surface area (Å²) in [5.41, 5.74) is 1.88. The van der Waals surface area contributed by atoms with E-state index >= 15 is 0 Å². The van der Waals surface area contributed by atoms with Gasteiger partial charge in [0.05, 0.1) is 36.4 Å². The minimum absolute atomic E-state index is 0.0368. The van der Waals surface area contributed by atoms with Crippen LogP contribution in [0.5, 0.6) is 5.75 Å². The van der Waals surface area contributed by atoms with Crippen LogP contribution in [0.3, 0.4) is 0 Å². The number of carbonyl (C=O) groups excluding carboxylic acids is 1. The van der Waals surface area contributed by atoms with Crippen molar-refractivity contribution in [3.63, 3.8) is 0 Å². The highest BCUT2D eigenvalue weighted by molar-refractivity contribution is 7.22. The second-order valence-electron chi connectivity index (χ2n) is 6.63. The molecule has 27 heavy (non-hydrogen) atoms. The van der Waals surface area contributed by atoms with Crippen molar-refractivity contribution in [3.8, 4) is 5.75 Å². The van der Waals surface area contributed by atoms with Gasteiger partial charge in [0.15, 0.2) is 5.13 Å². The molecule has 1 atom stereocenters. The zero-order valence-corrected chi connectivity index (χ0v) is 16.1. The van der Waals surface area contributed by atoms with Gasteiger partial charge in [-0.1, -0.05) is 35.6 Å². The molecule has 2 aromatic carbocycles. The molecule has 3 aromatic rings. The predicted octanol–water partition coefficient (Wildman–Crippen LogP) is 4.06. The molecule has 6 heteroatoms. The Balaban J connectivity index is 1.58. The maximum atomic E-state index is 13.1. The molecule has 0 unspecified atom stereocenters. The van der Waals surface area contributed by atoms with Crippen molar-refractivity contribution in [1.82, 2.24) is 4.98 Å². The average molecular weight is 382 g/mol. The minimum Gasteiger partial charge on any atom is -0.497 e. The number of para-hydroxylation sites is 1. The number of benzene rings is 2. The topological polar surface area (TPSA) is 51.7 Å². The van der Waals surface area contributed by atoms with Crippen LogP contribution < -0.4 is 9.64 Å². The Hall–Kier alpha value is -2.44. The van der Waals surface area contributed by atoms with E-state index in [0.29, 0.717) is 13.0 Å². The summed E-state index contributed by atoms with van der Waals surface area (Å²) in [7, 11) is 1.64. The number of aromatic nitrogens is 1. The number of carbonyl (C=O) groups is 1. The van der Waals surface area contributed by atoms with Gasteiger partial charge in [0.1, 0.15) is 5.75 Å². The van der Waals surface area contributed by atoms with E-state index in [1.807, 2.05) is 48.5 Å². The van der Waals surface area contributed by atoms with Gasteiger partial charge in [0.25, 0.3) is 0 Å². The second-order valence-corrected chi connectivity index (χ2v) is 7.64. The molecule has 0 bridgehead atoms. The Morgan fingerprint density at radius 2 is 2.07 bits per heavy atom. The molecule has 1 aromatic heterocycles. The van der Waals surface area contributed by atoms with Crippen molar-refractivity contribution < 1.29 is 14.3 Å². The zero-order valence-electron chi connectivity index (χ0n) is 15.3. The number of thiazole rings is 1. The lowest BCUT2D eigenvalue weighted by molar-refractivity contribution is -0.118. The van der Waals surface area contributed by atoms with E-state index in [2.05, 4.69) is 0 Å². The van der Waals surface area contributed by atoms with Crippen LogP contribution in [0.1, 0.15) is 18.4 Å². The third-order valence-electron chi connectivity index (χ3n) is 4.74. The molecule has 1 aliphatic rings. The normalized spacial score (nSPS) is 16.6. The van der Waals surface area contributed by atoms with Crippen molar-refractivity contribution in [1.29, 1.82) is 0 Å². The molecule has 0 N–H and O–H groups in total. The van der Waals surface area contributed by atoms with Gasteiger partial charge in [-0.15, -0.1) is 0 Å². The molecule has 0 aliphatic carbocycles. The molecule has 0 saturated carbocycles. The number of methoxy groups -OCH3 is 1. The third-order valence-corrected chi connectivity index (χ3v) is 5.80. The summed E-state index contributed by atoms with van der Waals surface area (Å²) in [5, 5.41) is 0.741. The SMILES string of the molecule is COc1ccc(CC(=O)N(C[C@H]2CCCO2)c2nc3ccccc3s2)cc1. The zero-order chi connectivity index (χ0) is 18.6. The maximum Gasteiger partial charge on any atom is 0.233 e. The lowest BCUT2D eigenvalue weighted by atomic mass is 10.1. The summed E-state index contributed by atoms with van der Waals surface area (Å²) >= 11 is 1.55. The first-order valence-corrected chi connectivity index (χ1v) is 9.95.